The molecule has 1 saturated heterocycles. The summed E-state index contributed by atoms with van der Waals surface area (Å²) >= 11 is 13.5. The van der Waals surface area contributed by atoms with E-state index < -0.39 is 0 Å². The molecule has 0 spiro atoms. The first-order chi connectivity index (χ1) is 14.6. The Balaban J connectivity index is 1.45. The molecule has 0 unspecified atom stereocenters. The molecule has 0 saturated carbocycles. The van der Waals surface area contributed by atoms with Crippen LogP contribution in [0.1, 0.15) is 11.1 Å². The van der Waals surface area contributed by atoms with Crippen LogP contribution in [-0.2, 0) is 11.4 Å². The van der Waals surface area contributed by atoms with Crippen molar-refractivity contribution in [3.8, 4) is 5.75 Å². The fourth-order valence-electron chi connectivity index (χ4n) is 2.72. The van der Waals surface area contributed by atoms with Gasteiger partial charge in [0.2, 0.25) is 0 Å². The van der Waals surface area contributed by atoms with E-state index in [-0.39, 0.29) is 5.91 Å². The van der Waals surface area contributed by atoms with Crippen molar-refractivity contribution in [2.45, 2.75) is 6.61 Å². The van der Waals surface area contributed by atoms with Gasteiger partial charge in [-0.2, -0.15) is 0 Å². The Kier molecular flexibility index (Phi) is 6.43. The highest BCUT2D eigenvalue weighted by molar-refractivity contribution is 8.18. The van der Waals surface area contributed by atoms with Gasteiger partial charge in [0.1, 0.15) is 12.4 Å². The molecule has 0 atom stereocenters. The Hall–Kier alpha value is -2.73. The van der Waals surface area contributed by atoms with Crippen molar-refractivity contribution in [3.63, 3.8) is 0 Å². The molecule has 1 heterocycles. The van der Waals surface area contributed by atoms with E-state index in [1.165, 1.54) is 11.8 Å². The lowest BCUT2D eigenvalue weighted by Crippen LogP contribution is -2.19. The smallest absolute Gasteiger partial charge is 0.264 e. The second kappa shape index (κ2) is 9.39. The predicted molar refractivity (Wildman–Crippen MR) is 124 cm³/mol. The number of amidine groups is 1. The summed E-state index contributed by atoms with van der Waals surface area (Å²) in [5.41, 5.74) is 2.58. The Morgan fingerprint density at radius 3 is 2.50 bits per heavy atom. The molecule has 1 aliphatic heterocycles. The van der Waals surface area contributed by atoms with Gasteiger partial charge in [0.05, 0.1) is 15.6 Å². The second-order valence-corrected chi connectivity index (χ2v) is 8.30. The summed E-state index contributed by atoms with van der Waals surface area (Å²) in [5, 5.41) is 4.40. The minimum absolute atomic E-state index is 0.201. The molecule has 3 aromatic carbocycles. The van der Waals surface area contributed by atoms with Crippen LogP contribution in [0.15, 0.2) is 82.7 Å². The topological polar surface area (TPSA) is 50.7 Å². The first-order valence-corrected chi connectivity index (χ1v) is 10.7. The number of carbonyl (C=O) groups excluding carboxylic acids is 1. The van der Waals surface area contributed by atoms with E-state index in [4.69, 9.17) is 27.9 Å². The fourth-order valence-corrected chi connectivity index (χ4v) is 3.94. The molecule has 7 heteroatoms. The summed E-state index contributed by atoms with van der Waals surface area (Å²) in [6, 6.07) is 22.4. The number of halogens is 2. The molecule has 4 rings (SSSR count). The number of rotatable bonds is 5. The van der Waals surface area contributed by atoms with Gasteiger partial charge in [-0.05, 0) is 65.4 Å². The van der Waals surface area contributed by atoms with Crippen molar-refractivity contribution in [1.82, 2.24) is 5.32 Å². The third-order valence-corrected chi connectivity index (χ3v) is 5.66. The SMILES string of the molecule is O=C1NC(=Nc2ccc(Cl)cc2)SC1=Cc1ccc(OCc2ccccc2)c(Cl)c1. The maximum atomic E-state index is 12.3. The average molecular weight is 455 g/mol. The Morgan fingerprint density at radius 1 is 1.00 bits per heavy atom. The van der Waals surface area contributed by atoms with Crippen LogP contribution in [0.2, 0.25) is 10.0 Å². The summed E-state index contributed by atoms with van der Waals surface area (Å²) in [6.45, 7) is 0.434. The summed E-state index contributed by atoms with van der Waals surface area (Å²) in [4.78, 5) is 17.3. The van der Waals surface area contributed by atoms with Crippen LogP contribution < -0.4 is 10.1 Å². The lowest BCUT2D eigenvalue weighted by molar-refractivity contribution is -0.115. The summed E-state index contributed by atoms with van der Waals surface area (Å²) in [5.74, 6) is 0.393. The zero-order valence-corrected chi connectivity index (χ0v) is 18.0. The van der Waals surface area contributed by atoms with Crippen LogP contribution in [-0.4, -0.2) is 11.1 Å². The number of hydrogen-bond acceptors (Lipinski definition) is 4. The van der Waals surface area contributed by atoms with Gasteiger partial charge >= 0.3 is 0 Å². The number of thioether (sulfide) groups is 1. The van der Waals surface area contributed by atoms with E-state index in [0.717, 1.165) is 11.1 Å². The first-order valence-electron chi connectivity index (χ1n) is 9.08. The normalized spacial score (nSPS) is 16.1. The van der Waals surface area contributed by atoms with Gasteiger partial charge in [0.25, 0.3) is 5.91 Å². The average Bonchev–Trinajstić information content (AvgIpc) is 3.08. The molecule has 0 bridgehead atoms. The van der Waals surface area contributed by atoms with Gasteiger partial charge < -0.3 is 10.1 Å². The number of ether oxygens (including phenoxy) is 1. The number of nitrogens with zero attached hydrogens (tertiary/aromatic N) is 1. The summed E-state index contributed by atoms with van der Waals surface area (Å²) < 4.78 is 5.80. The van der Waals surface area contributed by atoms with Gasteiger partial charge in [-0.3, -0.25) is 4.79 Å². The largest absolute Gasteiger partial charge is 0.487 e. The van der Waals surface area contributed by atoms with Crippen molar-refractivity contribution in [3.05, 3.63) is 98.9 Å². The van der Waals surface area contributed by atoms with Crippen LogP contribution in [0.5, 0.6) is 5.75 Å². The van der Waals surface area contributed by atoms with Crippen molar-refractivity contribution < 1.29 is 9.53 Å². The molecule has 0 aliphatic carbocycles. The highest BCUT2D eigenvalue weighted by Crippen LogP contribution is 2.31. The summed E-state index contributed by atoms with van der Waals surface area (Å²) in [7, 11) is 0. The number of carbonyl (C=O) groups is 1. The summed E-state index contributed by atoms with van der Waals surface area (Å²) in [6.07, 6.45) is 1.78. The molecule has 1 aliphatic rings. The number of hydrogen-bond donors (Lipinski definition) is 1. The van der Waals surface area contributed by atoms with E-state index in [9.17, 15) is 4.79 Å². The lowest BCUT2D eigenvalue weighted by Gasteiger charge is -2.08. The quantitative estimate of drug-likeness (QED) is 0.449. The molecule has 30 heavy (non-hydrogen) atoms. The van der Waals surface area contributed by atoms with E-state index >= 15 is 0 Å². The van der Waals surface area contributed by atoms with Gasteiger partial charge in [-0.1, -0.05) is 59.6 Å². The first kappa shape index (κ1) is 20.5. The molecule has 3 aromatic rings. The molecule has 0 aromatic heterocycles. The number of aliphatic imine (C=N–C) groups is 1. The van der Waals surface area contributed by atoms with Crippen LogP contribution in [0.3, 0.4) is 0 Å². The maximum Gasteiger partial charge on any atom is 0.264 e. The maximum absolute atomic E-state index is 12.3. The van der Waals surface area contributed by atoms with Crippen molar-refractivity contribution in [2.24, 2.45) is 4.99 Å². The van der Waals surface area contributed by atoms with E-state index in [1.807, 2.05) is 36.4 Å². The highest BCUT2D eigenvalue weighted by Gasteiger charge is 2.23. The van der Waals surface area contributed by atoms with E-state index in [2.05, 4.69) is 10.3 Å². The van der Waals surface area contributed by atoms with E-state index in [0.29, 0.717) is 38.2 Å². The Bertz CT molecular complexity index is 1130. The minimum Gasteiger partial charge on any atom is -0.487 e. The highest BCUT2D eigenvalue weighted by atomic mass is 35.5. The Labute approximate surface area is 188 Å². The zero-order chi connectivity index (χ0) is 20.9. The molecular formula is C23H16Cl2N2O2S. The molecule has 1 amide bonds. The lowest BCUT2D eigenvalue weighted by atomic mass is 10.2. The van der Waals surface area contributed by atoms with Gasteiger partial charge in [0.15, 0.2) is 5.17 Å². The van der Waals surface area contributed by atoms with Crippen LogP contribution >= 0.6 is 35.0 Å². The Morgan fingerprint density at radius 2 is 1.77 bits per heavy atom. The molecular weight excluding hydrogens is 439 g/mol. The van der Waals surface area contributed by atoms with E-state index in [1.54, 1.807) is 42.5 Å². The predicted octanol–water partition coefficient (Wildman–Crippen LogP) is 6.46. The number of benzene rings is 3. The van der Waals surface area contributed by atoms with Crippen LogP contribution in [0, 0.1) is 0 Å². The molecule has 1 N–H and O–H groups in total. The zero-order valence-electron chi connectivity index (χ0n) is 15.6. The van der Waals surface area contributed by atoms with Crippen LogP contribution in [0.25, 0.3) is 6.08 Å². The molecule has 4 nitrogen and oxygen atoms in total. The minimum atomic E-state index is -0.201. The monoisotopic (exact) mass is 454 g/mol. The fraction of sp³-hybridized carbons (Fsp3) is 0.0435. The van der Waals surface area contributed by atoms with Gasteiger partial charge in [-0.25, -0.2) is 4.99 Å². The van der Waals surface area contributed by atoms with Gasteiger partial charge in [-0.15, -0.1) is 0 Å². The van der Waals surface area contributed by atoms with Crippen molar-refractivity contribution >= 4 is 57.8 Å². The number of amides is 1. The van der Waals surface area contributed by atoms with Gasteiger partial charge in [0, 0.05) is 5.02 Å². The third-order valence-electron chi connectivity index (χ3n) is 4.20. The molecule has 1 fully saturated rings. The van der Waals surface area contributed by atoms with Crippen molar-refractivity contribution in [2.75, 3.05) is 0 Å². The second-order valence-electron chi connectivity index (χ2n) is 6.42. The standard InChI is InChI=1S/C23H16Cl2N2O2S/c24-17-7-9-18(10-8-17)26-23-27-22(28)21(30-23)13-16-6-11-20(19(25)12-16)29-14-15-4-2-1-3-5-15/h1-13H,14H2,(H,26,27,28). The molecule has 150 valence electrons. The number of nitrogens with one attached hydrogen (secondary N) is 1. The van der Waals surface area contributed by atoms with Crippen molar-refractivity contribution in [1.29, 1.82) is 0 Å². The third kappa shape index (κ3) is 5.25. The molecule has 0 radical (unpaired) electrons. The van der Waals surface area contributed by atoms with Crippen LogP contribution in [0.4, 0.5) is 5.69 Å².